The first-order chi connectivity index (χ1) is 14.1. The quantitative estimate of drug-likeness (QED) is 0.443. The predicted octanol–water partition coefficient (Wildman–Crippen LogP) is 4.39. The molecule has 1 aliphatic heterocycles. The van der Waals surface area contributed by atoms with E-state index in [1.165, 1.54) is 14.0 Å². The topological polar surface area (TPSA) is 56.8 Å². The van der Waals surface area contributed by atoms with E-state index in [1.807, 2.05) is 0 Å². The second-order valence-corrected chi connectivity index (χ2v) is 7.13. The number of nitrogens with one attached hydrogen (secondary N) is 1. The highest BCUT2D eigenvalue weighted by Crippen LogP contribution is 2.37. The van der Waals surface area contributed by atoms with E-state index in [2.05, 4.69) is 5.32 Å². The molecule has 0 saturated carbocycles. The number of benzene rings is 2. The molecule has 2 aromatic carbocycles. The van der Waals surface area contributed by atoms with E-state index in [0.717, 1.165) is 5.56 Å². The molecule has 162 valence electrons. The molecule has 30 heavy (non-hydrogen) atoms. The SMILES string of the molecule is COc1ccc(NC(=O)C2(C)COC(c3c(F)c(F)c(F)c(F)c3F)OC2)c(C)c1. The smallest absolute Gasteiger partial charge is 0.235 e. The molecule has 1 aliphatic rings. The summed E-state index contributed by atoms with van der Waals surface area (Å²) in [5.41, 5.74) is -1.28. The number of aryl methyl sites for hydroxylation is 1. The van der Waals surface area contributed by atoms with E-state index in [0.29, 0.717) is 11.4 Å². The summed E-state index contributed by atoms with van der Waals surface area (Å²) < 4.78 is 83.4. The molecule has 0 spiro atoms. The zero-order chi connectivity index (χ0) is 22.2. The van der Waals surface area contributed by atoms with Gasteiger partial charge in [0.25, 0.3) is 0 Å². The van der Waals surface area contributed by atoms with Gasteiger partial charge in [-0.3, -0.25) is 4.79 Å². The lowest BCUT2D eigenvalue weighted by molar-refractivity contribution is -0.228. The molecule has 0 atom stereocenters. The number of anilines is 1. The van der Waals surface area contributed by atoms with E-state index in [9.17, 15) is 26.7 Å². The number of carbonyl (C=O) groups is 1. The third kappa shape index (κ3) is 3.84. The Kier molecular flexibility index (Phi) is 6.00. The van der Waals surface area contributed by atoms with Crippen LogP contribution < -0.4 is 10.1 Å². The molecule has 1 heterocycles. The molecule has 0 aliphatic carbocycles. The Morgan fingerprint density at radius 3 is 2.07 bits per heavy atom. The Hall–Kier alpha value is -2.72. The summed E-state index contributed by atoms with van der Waals surface area (Å²) in [7, 11) is 1.51. The maximum absolute atomic E-state index is 14.0. The summed E-state index contributed by atoms with van der Waals surface area (Å²) in [6.07, 6.45) is -1.85. The van der Waals surface area contributed by atoms with Gasteiger partial charge in [-0.15, -0.1) is 0 Å². The second-order valence-electron chi connectivity index (χ2n) is 7.13. The van der Waals surface area contributed by atoms with Gasteiger partial charge in [0.05, 0.1) is 31.3 Å². The van der Waals surface area contributed by atoms with E-state index < -0.39 is 52.3 Å². The number of halogens is 5. The van der Waals surface area contributed by atoms with Gasteiger partial charge in [-0.1, -0.05) is 0 Å². The molecular formula is C20H18F5NO4. The van der Waals surface area contributed by atoms with Gasteiger partial charge < -0.3 is 19.5 Å². The fourth-order valence-corrected chi connectivity index (χ4v) is 2.91. The van der Waals surface area contributed by atoms with Crippen LogP contribution in [0.1, 0.15) is 24.3 Å². The van der Waals surface area contributed by atoms with Crippen molar-refractivity contribution < 1.29 is 41.0 Å². The maximum atomic E-state index is 14.0. The third-order valence-corrected chi connectivity index (χ3v) is 4.82. The van der Waals surface area contributed by atoms with Gasteiger partial charge in [-0.2, -0.15) is 0 Å². The maximum Gasteiger partial charge on any atom is 0.235 e. The average Bonchev–Trinajstić information content (AvgIpc) is 2.73. The number of methoxy groups -OCH3 is 1. The van der Waals surface area contributed by atoms with Crippen LogP contribution in [0, 0.1) is 41.4 Å². The van der Waals surface area contributed by atoms with Crippen molar-refractivity contribution in [3.63, 3.8) is 0 Å². The molecule has 2 aromatic rings. The first-order valence-corrected chi connectivity index (χ1v) is 8.79. The molecular weight excluding hydrogens is 413 g/mol. The Labute approximate surface area is 168 Å². The van der Waals surface area contributed by atoms with E-state index in [4.69, 9.17) is 14.2 Å². The highest BCUT2D eigenvalue weighted by molar-refractivity contribution is 5.96. The fourth-order valence-electron chi connectivity index (χ4n) is 2.91. The minimum Gasteiger partial charge on any atom is -0.497 e. The highest BCUT2D eigenvalue weighted by atomic mass is 19.2. The first kappa shape index (κ1) is 22.0. The summed E-state index contributed by atoms with van der Waals surface area (Å²) in [5, 5.41) is 2.70. The largest absolute Gasteiger partial charge is 0.497 e. The number of amides is 1. The van der Waals surface area contributed by atoms with Crippen LogP contribution in [0.3, 0.4) is 0 Å². The van der Waals surface area contributed by atoms with Crippen molar-refractivity contribution in [1.29, 1.82) is 0 Å². The van der Waals surface area contributed by atoms with Crippen molar-refractivity contribution in [2.24, 2.45) is 5.41 Å². The molecule has 0 aromatic heterocycles. The van der Waals surface area contributed by atoms with Crippen LogP contribution in [0.2, 0.25) is 0 Å². The van der Waals surface area contributed by atoms with E-state index >= 15 is 0 Å². The van der Waals surface area contributed by atoms with Crippen LogP contribution in [0.25, 0.3) is 0 Å². The highest BCUT2D eigenvalue weighted by Gasteiger charge is 2.42. The van der Waals surface area contributed by atoms with Crippen molar-refractivity contribution >= 4 is 11.6 Å². The molecule has 0 unspecified atom stereocenters. The Morgan fingerprint density at radius 2 is 1.57 bits per heavy atom. The number of rotatable bonds is 4. The van der Waals surface area contributed by atoms with Gasteiger partial charge in [-0.25, -0.2) is 22.0 Å². The van der Waals surface area contributed by atoms with Crippen LogP contribution in [0.15, 0.2) is 18.2 Å². The monoisotopic (exact) mass is 431 g/mol. The molecule has 3 rings (SSSR count). The van der Waals surface area contributed by atoms with Gasteiger partial charge in [0, 0.05) is 5.69 Å². The van der Waals surface area contributed by atoms with Crippen LogP contribution in [-0.2, 0) is 14.3 Å². The fraction of sp³-hybridized carbons (Fsp3) is 0.350. The minimum atomic E-state index is -2.27. The number of hydrogen-bond donors (Lipinski definition) is 1. The van der Waals surface area contributed by atoms with Crippen molar-refractivity contribution in [3.05, 3.63) is 58.4 Å². The normalized spacial score (nSPS) is 21.4. The number of carbonyl (C=O) groups excluding carboxylic acids is 1. The van der Waals surface area contributed by atoms with Gasteiger partial charge >= 0.3 is 0 Å². The number of hydrogen-bond acceptors (Lipinski definition) is 4. The van der Waals surface area contributed by atoms with Crippen LogP contribution in [-0.4, -0.2) is 26.2 Å². The molecule has 1 fully saturated rings. The van der Waals surface area contributed by atoms with Gasteiger partial charge in [0.2, 0.25) is 11.7 Å². The molecule has 0 bridgehead atoms. The van der Waals surface area contributed by atoms with Crippen molar-refractivity contribution in [1.82, 2.24) is 0 Å². The minimum absolute atomic E-state index is 0.377. The molecule has 1 saturated heterocycles. The van der Waals surface area contributed by atoms with Crippen LogP contribution in [0.4, 0.5) is 27.6 Å². The zero-order valence-electron chi connectivity index (χ0n) is 16.2. The summed E-state index contributed by atoms with van der Waals surface area (Å²) in [5.74, 6) is -10.5. The zero-order valence-corrected chi connectivity index (χ0v) is 16.2. The van der Waals surface area contributed by atoms with E-state index in [-0.39, 0.29) is 13.2 Å². The van der Waals surface area contributed by atoms with Crippen LogP contribution in [0.5, 0.6) is 5.75 Å². The lowest BCUT2D eigenvalue weighted by Crippen LogP contribution is -2.46. The van der Waals surface area contributed by atoms with E-state index in [1.54, 1.807) is 25.1 Å². The van der Waals surface area contributed by atoms with Crippen LogP contribution >= 0.6 is 0 Å². The van der Waals surface area contributed by atoms with Crippen molar-refractivity contribution in [3.8, 4) is 5.75 Å². The summed E-state index contributed by atoms with van der Waals surface area (Å²) in [6, 6.07) is 5.00. The summed E-state index contributed by atoms with van der Waals surface area (Å²) in [4.78, 5) is 12.7. The molecule has 5 nitrogen and oxygen atoms in total. The standard InChI is InChI=1S/C20H18F5NO4/c1-9-6-10(28-3)4-5-11(9)26-19(27)20(2)7-29-18(30-8-20)12-13(21)15(23)17(25)16(24)14(12)22/h4-6,18H,7-8H2,1-3H3,(H,26,27). The lowest BCUT2D eigenvalue weighted by Gasteiger charge is -2.36. The summed E-state index contributed by atoms with van der Waals surface area (Å²) >= 11 is 0. The number of ether oxygens (including phenoxy) is 3. The van der Waals surface area contributed by atoms with Gasteiger partial charge in [-0.05, 0) is 37.6 Å². The van der Waals surface area contributed by atoms with Gasteiger partial charge in [0.1, 0.15) is 5.75 Å². The van der Waals surface area contributed by atoms with Crippen molar-refractivity contribution in [2.45, 2.75) is 20.1 Å². The lowest BCUT2D eigenvalue weighted by atomic mass is 9.90. The second kappa shape index (κ2) is 8.19. The molecule has 0 radical (unpaired) electrons. The first-order valence-electron chi connectivity index (χ1n) is 8.79. The van der Waals surface area contributed by atoms with Gasteiger partial charge in [0.15, 0.2) is 29.6 Å². The van der Waals surface area contributed by atoms with Crippen molar-refractivity contribution in [2.75, 3.05) is 25.6 Å². The molecule has 1 amide bonds. The Balaban J connectivity index is 1.75. The molecule has 1 N–H and O–H groups in total. The predicted molar refractivity (Wildman–Crippen MR) is 95.3 cm³/mol. The summed E-state index contributed by atoms with van der Waals surface area (Å²) in [6.45, 7) is 2.49. The molecule has 10 heteroatoms. The Bertz CT molecular complexity index is 961. The Morgan fingerprint density at radius 1 is 1.03 bits per heavy atom. The average molecular weight is 431 g/mol. The third-order valence-electron chi connectivity index (χ3n) is 4.82.